The van der Waals surface area contributed by atoms with Crippen molar-refractivity contribution in [2.45, 2.75) is 31.0 Å². The molecule has 1 aliphatic heterocycles. The average Bonchev–Trinajstić information content (AvgIpc) is 3.28. The molecule has 0 atom stereocenters. The molecule has 0 spiro atoms. The monoisotopic (exact) mass is 500 g/mol. The molecule has 4 rings (SSSR count). The van der Waals surface area contributed by atoms with Gasteiger partial charge in [-0.25, -0.2) is 8.42 Å². The van der Waals surface area contributed by atoms with Crippen LogP contribution in [0.1, 0.15) is 30.1 Å². The van der Waals surface area contributed by atoms with E-state index in [0.29, 0.717) is 38.1 Å². The van der Waals surface area contributed by atoms with Crippen LogP contribution in [0, 0.1) is 5.92 Å². The normalized spacial score (nSPS) is 15.8. The Bertz CT molecular complexity index is 1260. The zero-order valence-corrected chi connectivity index (χ0v) is 21.2. The van der Waals surface area contributed by atoms with E-state index in [1.54, 1.807) is 44.7 Å². The van der Waals surface area contributed by atoms with Crippen LogP contribution in [0.15, 0.2) is 59.6 Å². The number of Topliss-reactive ketones (excluding diaryl/α,β-unsaturated/α-hetero) is 1. The number of hydrogen-bond donors (Lipinski definition) is 0. The summed E-state index contributed by atoms with van der Waals surface area (Å²) in [6.07, 6.45) is 2.83. The van der Waals surface area contributed by atoms with Crippen LogP contribution in [-0.4, -0.2) is 69.9 Å². The van der Waals surface area contributed by atoms with Crippen LogP contribution in [0.4, 0.5) is 0 Å². The van der Waals surface area contributed by atoms with Gasteiger partial charge in [-0.2, -0.15) is 4.31 Å². The first kappa shape index (κ1) is 25.5. The molecule has 2 heterocycles. The van der Waals surface area contributed by atoms with Gasteiger partial charge in [0.2, 0.25) is 10.0 Å². The molecule has 1 aromatic heterocycles. The molecule has 8 nitrogen and oxygen atoms in total. The van der Waals surface area contributed by atoms with Crippen molar-refractivity contribution in [3.8, 4) is 5.69 Å². The third kappa shape index (κ3) is 5.19. The molecule has 2 aromatic carbocycles. The largest absolute Gasteiger partial charge is 0.374 e. The number of carbonyl (C=O) groups excluding carboxylic acids is 1. The third-order valence-corrected chi connectivity index (χ3v) is 8.46. The lowest BCUT2D eigenvalue weighted by molar-refractivity contribution is -0.144. The molecule has 9 heteroatoms. The molecule has 188 valence electrons. The lowest BCUT2D eigenvalue weighted by Crippen LogP contribution is -2.42. The molecule has 1 fully saturated rings. The summed E-state index contributed by atoms with van der Waals surface area (Å²) in [5, 5.41) is 0.835. The van der Waals surface area contributed by atoms with Gasteiger partial charge in [0.1, 0.15) is 6.61 Å². The number of rotatable bonds is 10. The molecular weight excluding hydrogens is 468 g/mol. The maximum absolute atomic E-state index is 13.3. The highest BCUT2D eigenvalue weighted by Crippen LogP contribution is 2.29. The van der Waals surface area contributed by atoms with Gasteiger partial charge in [0.05, 0.1) is 10.4 Å². The number of nitrogens with zero attached hydrogens (tertiary/aromatic N) is 2. The molecular formula is C26H32N2O6S. The van der Waals surface area contributed by atoms with Gasteiger partial charge in [-0.1, -0.05) is 18.2 Å². The first-order valence-electron chi connectivity index (χ1n) is 11.8. The molecule has 1 aliphatic rings. The van der Waals surface area contributed by atoms with Crippen LogP contribution in [0.25, 0.3) is 16.6 Å². The van der Waals surface area contributed by atoms with Gasteiger partial charge < -0.3 is 18.8 Å². The van der Waals surface area contributed by atoms with Crippen molar-refractivity contribution >= 4 is 26.7 Å². The topological polar surface area (TPSA) is 87.1 Å². The molecule has 1 saturated heterocycles. The highest BCUT2D eigenvalue weighted by Gasteiger charge is 2.32. The quantitative estimate of drug-likeness (QED) is 0.310. The Labute approximate surface area is 206 Å². The number of aromatic nitrogens is 1. The van der Waals surface area contributed by atoms with Crippen LogP contribution >= 0.6 is 0 Å². The summed E-state index contributed by atoms with van der Waals surface area (Å²) >= 11 is 0. The van der Waals surface area contributed by atoms with Gasteiger partial charge in [-0.05, 0) is 50.1 Å². The summed E-state index contributed by atoms with van der Waals surface area (Å²) in [6.45, 7) is 3.19. The van der Waals surface area contributed by atoms with E-state index < -0.39 is 10.0 Å². The molecule has 0 aliphatic carbocycles. The molecule has 0 N–H and O–H groups in total. The zero-order chi connectivity index (χ0) is 25.0. The molecule has 0 radical (unpaired) electrons. The Morgan fingerprint density at radius 2 is 1.69 bits per heavy atom. The fraction of sp³-hybridized carbons (Fsp3) is 0.423. The predicted molar refractivity (Wildman–Crippen MR) is 133 cm³/mol. The average molecular weight is 501 g/mol. The second-order valence-electron chi connectivity index (χ2n) is 8.57. The fourth-order valence-corrected chi connectivity index (χ4v) is 6.15. The van der Waals surface area contributed by atoms with Crippen molar-refractivity contribution in [3.05, 3.63) is 60.3 Å². The summed E-state index contributed by atoms with van der Waals surface area (Å²) in [4.78, 5) is 12.9. The van der Waals surface area contributed by atoms with Crippen LogP contribution in [0.5, 0.6) is 0 Å². The Morgan fingerprint density at radius 3 is 2.31 bits per heavy atom. The minimum atomic E-state index is -3.61. The van der Waals surface area contributed by atoms with Crippen molar-refractivity contribution in [1.29, 1.82) is 0 Å². The number of carbonyl (C=O) groups is 1. The SMILES string of the molecule is CCOCC(=O)c1cn(-c2ccc(S(=O)(=O)N3CCC(C(OC)OC)CC3)cc2)c2ccccc12. The molecule has 3 aromatic rings. The summed E-state index contributed by atoms with van der Waals surface area (Å²) in [7, 11) is -0.409. The lowest BCUT2D eigenvalue weighted by atomic mass is 9.97. The number of ketones is 1. The number of sulfonamides is 1. The van der Waals surface area contributed by atoms with E-state index in [2.05, 4.69) is 0 Å². The summed E-state index contributed by atoms with van der Waals surface area (Å²) in [5.74, 6) is 0.0778. The van der Waals surface area contributed by atoms with E-state index in [4.69, 9.17) is 14.2 Å². The molecule has 0 amide bonds. The van der Waals surface area contributed by atoms with E-state index in [9.17, 15) is 13.2 Å². The van der Waals surface area contributed by atoms with Crippen molar-refractivity contribution in [2.75, 3.05) is 40.5 Å². The highest BCUT2D eigenvalue weighted by atomic mass is 32.2. The Hall–Kier alpha value is -2.56. The minimum Gasteiger partial charge on any atom is -0.374 e. The first-order valence-corrected chi connectivity index (χ1v) is 13.2. The summed E-state index contributed by atoms with van der Waals surface area (Å²) in [5.41, 5.74) is 2.23. The van der Waals surface area contributed by atoms with Crippen molar-refractivity contribution in [3.63, 3.8) is 0 Å². The van der Waals surface area contributed by atoms with Gasteiger partial charge in [-0.3, -0.25) is 4.79 Å². The van der Waals surface area contributed by atoms with Crippen LogP contribution in [0.2, 0.25) is 0 Å². The Balaban J connectivity index is 1.56. The third-order valence-electron chi connectivity index (χ3n) is 6.55. The van der Waals surface area contributed by atoms with E-state index in [1.165, 1.54) is 4.31 Å². The maximum Gasteiger partial charge on any atom is 0.243 e. The van der Waals surface area contributed by atoms with Gasteiger partial charge in [-0.15, -0.1) is 0 Å². The van der Waals surface area contributed by atoms with Crippen molar-refractivity contribution in [1.82, 2.24) is 8.87 Å². The van der Waals surface area contributed by atoms with E-state index in [1.807, 2.05) is 35.8 Å². The molecule has 35 heavy (non-hydrogen) atoms. The summed E-state index contributed by atoms with van der Waals surface area (Å²) < 4.78 is 45.9. The second-order valence-corrected chi connectivity index (χ2v) is 10.5. The van der Waals surface area contributed by atoms with Crippen molar-refractivity contribution < 1.29 is 27.4 Å². The minimum absolute atomic E-state index is 0.0217. The number of piperidine rings is 1. The number of hydrogen-bond acceptors (Lipinski definition) is 6. The highest BCUT2D eigenvalue weighted by molar-refractivity contribution is 7.89. The number of fused-ring (bicyclic) bond motifs is 1. The van der Waals surface area contributed by atoms with Crippen LogP contribution in [-0.2, 0) is 24.2 Å². The van der Waals surface area contributed by atoms with Gasteiger partial charge >= 0.3 is 0 Å². The van der Waals surface area contributed by atoms with Crippen LogP contribution in [0.3, 0.4) is 0 Å². The smallest absolute Gasteiger partial charge is 0.243 e. The number of benzene rings is 2. The first-order chi connectivity index (χ1) is 16.9. The van der Waals surface area contributed by atoms with E-state index >= 15 is 0 Å². The number of para-hydroxylation sites is 1. The van der Waals surface area contributed by atoms with E-state index in [0.717, 1.165) is 16.6 Å². The maximum atomic E-state index is 13.3. The van der Waals surface area contributed by atoms with Gasteiger partial charge in [0.25, 0.3) is 0 Å². The fourth-order valence-electron chi connectivity index (χ4n) is 4.69. The Kier molecular flexibility index (Phi) is 8.03. The predicted octanol–water partition coefficient (Wildman–Crippen LogP) is 3.87. The number of ether oxygens (including phenoxy) is 3. The van der Waals surface area contributed by atoms with Gasteiger partial charge in [0.15, 0.2) is 12.1 Å². The molecule has 0 saturated carbocycles. The van der Waals surface area contributed by atoms with Gasteiger partial charge in [0, 0.05) is 62.7 Å². The lowest BCUT2D eigenvalue weighted by Gasteiger charge is -2.34. The Morgan fingerprint density at radius 1 is 1.03 bits per heavy atom. The van der Waals surface area contributed by atoms with Crippen molar-refractivity contribution in [2.24, 2.45) is 5.92 Å². The van der Waals surface area contributed by atoms with E-state index in [-0.39, 0.29) is 29.5 Å². The summed E-state index contributed by atoms with van der Waals surface area (Å²) in [6, 6.07) is 14.4. The van der Waals surface area contributed by atoms with Crippen LogP contribution < -0.4 is 0 Å². The molecule has 0 bridgehead atoms. The number of methoxy groups -OCH3 is 2. The molecule has 0 unspecified atom stereocenters. The zero-order valence-electron chi connectivity index (χ0n) is 20.3. The second kappa shape index (κ2) is 11.0. The standard InChI is InChI=1S/C26H32N2O6S/c1-4-34-18-25(29)23-17-28(24-8-6-5-7-22(23)24)20-9-11-21(12-10-20)35(30,31)27-15-13-19(14-16-27)26(32-2)33-3/h5-12,17,19,26H,4,13-16,18H2,1-3H3.